The second-order valence-electron chi connectivity index (χ2n) is 6.74. The summed E-state index contributed by atoms with van der Waals surface area (Å²) in [5, 5.41) is 8.13. The van der Waals surface area contributed by atoms with Crippen molar-refractivity contribution in [1.29, 1.82) is 0 Å². The highest BCUT2D eigenvalue weighted by atomic mass is 19.4. The third kappa shape index (κ3) is 4.09. The van der Waals surface area contributed by atoms with Gasteiger partial charge in [-0.3, -0.25) is 4.68 Å². The third-order valence-corrected chi connectivity index (χ3v) is 4.56. The Kier molecular flexibility index (Phi) is 5.13. The fraction of sp³-hybridized carbons (Fsp3) is 0.263. The minimum Gasteiger partial charge on any atom is -0.494 e. The van der Waals surface area contributed by atoms with Crippen molar-refractivity contribution < 1.29 is 17.9 Å². The fourth-order valence-electron chi connectivity index (χ4n) is 3.00. The van der Waals surface area contributed by atoms with Gasteiger partial charge >= 0.3 is 6.18 Å². The maximum absolute atomic E-state index is 12.7. The highest BCUT2D eigenvalue weighted by molar-refractivity contribution is 5.96. The first-order valence-electron chi connectivity index (χ1n) is 9.10. The van der Waals surface area contributed by atoms with Gasteiger partial charge in [-0.25, -0.2) is 24.9 Å². The first-order chi connectivity index (χ1) is 14.8. The molecule has 3 aromatic heterocycles. The number of benzene rings is 1. The Balaban J connectivity index is 1.71. The van der Waals surface area contributed by atoms with E-state index in [1.54, 1.807) is 31.0 Å². The average Bonchev–Trinajstić information content (AvgIpc) is 3.19. The number of alkyl halides is 3. The molecule has 160 valence electrons. The van der Waals surface area contributed by atoms with E-state index >= 15 is 0 Å². The van der Waals surface area contributed by atoms with Crippen LogP contribution in [0.25, 0.3) is 22.3 Å². The Morgan fingerprint density at radius 2 is 1.81 bits per heavy atom. The molecule has 0 aliphatic heterocycles. The van der Waals surface area contributed by atoms with Gasteiger partial charge in [-0.1, -0.05) is 0 Å². The van der Waals surface area contributed by atoms with Crippen molar-refractivity contribution in [2.75, 3.05) is 12.4 Å². The van der Waals surface area contributed by atoms with Crippen LogP contribution >= 0.6 is 0 Å². The quantitative estimate of drug-likeness (QED) is 0.514. The van der Waals surface area contributed by atoms with Gasteiger partial charge in [0.2, 0.25) is 5.82 Å². The smallest absolute Gasteiger partial charge is 0.451 e. The third-order valence-electron chi connectivity index (χ3n) is 4.56. The van der Waals surface area contributed by atoms with Crippen molar-refractivity contribution in [3.05, 3.63) is 48.6 Å². The normalized spacial score (nSPS) is 12.7. The second-order valence-corrected chi connectivity index (χ2v) is 6.74. The maximum Gasteiger partial charge on any atom is 0.451 e. The van der Waals surface area contributed by atoms with Gasteiger partial charge in [0, 0.05) is 36.0 Å². The average molecular weight is 430 g/mol. The highest BCUT2D eigenvalue weighted by Crippen LogP contribution is 2.34. The zero-order valence-corrected chi connectivity index (χ0v) is 16.7. The van der Waals surface area contributed by atoms with E-state index in [-0.39, 0.29) is 0 Å². The van der Waals surface area contributed by atoms with Crippen LogP contribution in [0.1, 0.15) is 24.4 Å². The lowest BCUT2D eigenvalue weighted by molar-refractivity contribution is -0.145. The molecule has 0 bridgehead atoms. The molecule has 1 N–H and O–H groups in total. The van der Waals surface area contributed by atoms with Crippen LogP contribution in [0.2, 0.25) is 0 Å². The van der Waals surface area contributed by atoms with Crippen LogP contribution in [0, 0.1) is 0 Å². The van der Waals surface area contributed by atoms with Crippen LogP contribution in [0.15, 0.2) is 37.2 Å². The molecule has 0 spiro atoms. The molecule has 0 aliphatic rings. The molecule has 1 aromatic carbocycles. The number of nitrogens with zero attached hydrogens (tertiary/aromatic N) is 7. The van der Waals surface area contributed by atoms with E-state index in [4.69, 9.17) is 4.74 Å². The fourth-order valence-corrected chi connectivity index (χ4v) is 3.00. The number of aryl methyl sites for hydroxylation is 1. The number of hydrogen-bond donors (Lipinski definition) is 1. The van der Waals surface area contributed by atoms with Crippen LogP contribution in [-0.4, -0.2) is 41.8 Å². The number of fused-ring (bicyclic) bond motifs is 1. The Morgan fingerprint density at radius 1 is 1.06 bits per heavy atom. The first kappa shape index (κ1) is 20.4. The van der Waals surface area contributed by atoms with Gasteiger partial charge in [0.05, 0.1) is 13.2 Å². The maximum atomic E-state index is 12.7. The Labute approximate surface area is 174 Å². The monoisotopic (exact) mass is 430 g/mol. The zero-order chi connectivity index (χ0) is 22.2. The first-order valence-corrected chi connectivity index (χ1v) is 9.10. The standard InChI is InChI=1S/C19H17F3N8O/c1-10(12-6-23-18(24-7-12)19(20,21)22)28-17-13-4-11(16-27-9-30(2)29-16)5-14(31-3)15(13)25-8-26-17/h4-10H,1-3H3,(H,25,26,28)/t10-/m1/s1. The lowest BCUT2D eigenvalue weighted by Gasteiger charge is -2.17. The summed E-state index contributed by atoms with van der Waals surface area (Å²) in [7, 11) is 3.29. The lowest BCUT2D eigenvalue weighted by Crippen LogP contribution is -2.14. The molecular formula is C19H17F3N8O. The Morgan fingerprint density at radius 3 is 2.42 bits per heavy atom. The van der Waals surface area contributed by atoms with Crippen molar-refractivity contribution in [2.24, 2.45) is 7.05 Å². The summed E-state index contributed by atoms with van der Waals surface area (Å²) in [5.41, 5.74) is 1.73. The largest absolute Gasteiger partial charge is 0.494 e. The molecule has 12 heteroatoms. The second kappa shape index (κ2) is 7.78. The summed E-state index contributed by atoms with van der Waals surface area (Å²) in [4.78, 5) is 19.7. The van der Waals surface area contributed by atoms with Crippen molar-refractivity contribution in [2.45, 2.75) is 19.1 Å². The molecule has 0 saturated carbocycles. The molecule has 1 atom stereocenters. The summed E-state index contributed by atoms with van der Waals surface area (Å²) in [5.74, 6) is 0.291. The van der Waals surface area contributed by atoms with E-state index in [9.17, 15) is 13.2 Å². The van der Waals surface area contributed by atoms with Crippen molar-refractivity contribution in [3.63, 3.8) is 0 Å². The zero-order valence-electron chi connectivity index (χ0n) is 16.7. The van der Waals surface area contributed by atoms with Gasteiger partial charge in [0.1, 0.15) is 29.7 Å². The summed E-state index contributed by atoms with van der Waals surface area (Å²) >= 11 is 0. The minimum absolute atomic E-state index is 0.428. The van der Waals surface area contributed by atoms with Crippen LogP contribution in [0.5, 0.6) is 5.75 Å². The summed E-state index contributed by atoms with van der Waals surface area (Å²) in [6, 6.07) is 3.18. The van der Waals surface area contributed by atoms with E-state index in [1.165, 1.54) is 13.4 Å². The molecule has 31 heavy (non-hydrogen) atoms. The molecular weight excluding hydrogens is 413 g/mol. The summed E-state index contributed by atoms with van der Waals surface area (Å²) in [6.45, 7) is 1.77. The predicted molar refractivity (Wildman–Crippen MR) is 105 cm³/mol. The molecule has 4 aromatic rings. The molecule has 3 heterocycles. The van der Waals surface area contributed by atoms with E-state index in [0.717, 1.165) is 12.4 Å². The van der Waals surface area contributed by atoms with Gasteiger partial charge in [-0.15, -0.1) is 0 Å². The van der Waals surface area contributed by atoms with Crippen LogP contribution in [-0.2, 0) is 13.2 Å². The van der Waals surface area contributed by atoms with Gasteiger partial charge in [-0.05, 0) is 19.1 Å². The van der Waals surface area contributed by atoms with Gasteiger partial charge in [0.15, 0.2) is 5.82 Å². The molecule has 0 aliphatic carbocycles. The molecule has 0 unspecified atom stereocenters. The van der Waals surface area contributed by atoms with E-state index in [1.807, 2.05) is 6.07 Å². The van der Waals surface area contributed by atoms with Gasteiger partial charge in [-0.2, -0.15) is 18.3 Å². The van der Waals surface area contributed by atoms with Crippen LogP contribution in [0.4, 0.5) is 19.0 Å². The highest BCUT2D eigenvalue weighted by Gasteiger charge is 2.34. The topological polar surface area (TPSA) is 104 Å². The number of methoxy groups -OCH3 is 1. The van der Waals surface area contributed by atoms with Gasteiger partial charge in [0.25, 0.3) is 0 Å². The number of aromatic nitrogens is 7. The van der Waals surface area contributed by atoms with Crippen molar-refractivity contribution in [1.82, 2.24) is 34.7 Å². The molecule has 4 rings (SSSR count). The number of rotatable bonds is 5. The van der Waals surface area contributed by atoms with Crippen LogP contribution < -0.4 is 10.1 Å². The molecule has 9 nitrogen and oxygen atoms in total. The predicted octanol–water partition coefficient (Wildman–Crippen LogP) is 3.42. The minimum atomic E-state index is -4.59. The molecule has 0 fully saturated rings. The number of nitrogens with one attached hydrogen (secondary N) is 1. The summed E-state index contributed by atoms with van der Waals surface area (Å²) < 4.78 is 45.2. The molecule has 0 amide bonds. The van der Waals surface area contributed by atoms with Crippen LogP contribution in [0.3, 0.4) is 0 Å². The number of hydrogen-bond acceptors (Lipinski definition) is 8. The van der Waals surface area contributed by atoms with Gasteiger partial charge < -0.3 is 10.1 Å². The molecule has 0 radical (unpaired) electrons. The summed E-state index contributed by atoms with van der Waals surface area (Å²) in [6.07, 6.45) is 0.646. The lowest BCUT2D eigenvalue weighted by atomic mass is 10.1. The molecule has 0 saturated heterocycles. The Hall–Kier alpha value is -3.83. The van der Waals surface area contributed by atoms with E-state index < -0.39 is 18.0 Å². The SMILES string of the molecule is COc1cc(-c2ncn(C)n2)cc2c(N[C@H](C)c3cnc(C(F)(F)F)nc3)ncnc12. The number of anilines is 1. The number of halogens is 3. The van der Waals surface area contributed by atoms with Crippen molar-refractivity contribution in [3.8, 4) is 17.1 Å². The Bertz CT molecular complexity index is 1220. The van der Waals surface area contributed by atoms with Crippen molar-refractivity contribution >= 4 is 16.7 Å². The van der Waals surface area contributed by atoms with E-state index in [2.05, 4.69) is 35.3 Å². The number of ether oxygens (including phenoxy) is 1. The van der Waals surface area contributed by atoms with E-state index in [0.29, 0.717) is 39.4 Å².